The van der Waals surface area contributed by atoms with E-state index in [2.05, 4.69) is 4.98 Å². The molecule has 110 valence electrons. The van der Waals surface area contributed by atoms with E-state index in [1.807, 2.05) is 0 Å². The predicted molar refractivity (Wildman–Crippen MR) is 72.6 cm³/mol. The molecular weight excluding hydrogens is 301 g/mol. The van der Waals surface area contributed by atoms with Crippen molar-refractivity contribution in [2.24, 2.45) is 0 Å². The van der Waals surface area contributed by atoms with Crippen LogP contribution in [-0.4, -0.2) is 18.3 Å². The Morgan fingerprint density at radius 3 is 2.67 bits per heavy atom. The van der Waals surface area contributed by atoms with Crippen LogP contribution in [0.2, 0.25) is 0 Å². The first-order valence-corrected chi connectivity index (χ1v) is 7.32. The quantitative estimate of drug-likeness (QED) is 0.678. The number of nitrogens with two attached hydrogens (primary N) is 1. The third kappa shape index (κ3) is 3.14. The van der Waals surface area contributed by atoms with Crippen molar-refractivity contribution in [2.45, 2.75) is 10.8 Å². The Morgan fingerprint density at radius 2 is 2.05 bits per heavy atom. The summed E-state index contributed by atoms with van der Waals surface area (Å²) in [6, 6.07) is 5.43. The summed E-state index contributed by atoms with van der Waals surface area (Å²) in [6.07, 6.45) is 1.24. The molecule has 0 saturated carbocycles. The maximum absolute atomic E-state index is 13.2. The first-order chi connectivity index (χ1) is 9.81. The van der Waals surface area contributed by atoms with Crippen LogP contribution in [0.5, 0.6) is 0 Å². The minimum absolute atomic E-state index is 0.0726. The summed E-state index contributed by atoms with van der Waals surface area (Å²) in [6.45, 7) is 0. The summed E-state index contributed by atoms with van der Waals surface area (Å²) in [5.74, 6) is -1.53. The number of hydrogen-bond donors (Lipinski definition) is 1. The van der Waals surface area contributed by atoms with Crippen molar-refractivity contribution in [3.63, 3.8) is 0 Å². The van der Waals surface area contributed by atoms with Crippen LogP contribution in [0.25, 0.3) is 0 Å². The highest BCUT2D eigenvalue weighted by molar-refractivity contribution is 7.90. The van der Waals surface area contributed by atoms with Crippen LogP contribution >= 0.6 is 0 Å². The Labute approximate surface area is 119 Å². The summed E-state index contributed by atoms with van der Waals surface area (Å²) in [5, 5.41) is 10.5. The summed E-state index contributed by atoms with van der Waals surface area (Å²) in [5.41, 5.74) is 4.73. The van der Waals surface area contributed by atoms with Crippen LogP contribution in [0, 0.1) is 15.9 Å². The molecule has 0 aliphatic rings. The minimum Gasteiger partial charge on any atom is -0.396 e. The van der Waals surface area contributed by atoms with Gasteiger partial charge in [0.15, 0.2) is 5.03 Å². The number of anilines is 1. The number of halogens is 1. The van der Waals surface area contributed by atoms with Gasteiger partial charge in [-0.05, 0) is 24.3 Å². The van der Waals surface area contributed by atoms with Crippen LogP contribution in [0.3, 0.4) is 0 Å². The number of sulfone groups is 1. The zero-order valence-corrected chi connectivity index (χ0v) is 11.4. The molecule has 0 bridgehead atoms. The lowest BCUT2D eigenvalue weighted by Gasteiger charge is -2.07. The van der Waals surface area contributed by atoms with Crippen molar-refractivity contribution < 1.29 is 17.7 Å². The molecule has 1 heterocycles. The van der Waals surface area contributed by atoms with E-state index >= 15 is 0 Å². The molecule has 21 heavy (non-hydrogen) atoms. The summed E-state index contributed by atoms with van der Waals surface area (Å²) < 4.78 is 37.7. The predicted octanol–water partition coefficient (Wildman–Crippen LogP) is 1.69. The van der Waals surface area contributed by atoms with Crippen LogP contribution in [0.4, 0.5) is 15.8 Å². The number of rotatable bonds is 4. The van der Waals surface area contributed by atoms with Gasteiger partial charge < -0.3 is 5.73 Å². The van der Waals surface area contributed by atoms with Crippen molar-refractivity contribution in [1.82, 2.24) is 4.98 Å². The second kappa shape index (κ2) is 5.44. The molecule has 2 rings (SSSR count). The van der Waals surface area contributed by atoms with E-state index in [1.54, 1.807) is 0 Å². The number of benzene rings is 1. The highest BCUT2D eigenvalue weighted by Gasteiger charge is 2.25. The third-order valence-corrected chi connectivity index (χ3v) is 4.30. The smallest absolute Gasteiger partial charge is 0.273 e. The Bertz CT molecular complexity index is 808. The zero-order chi connectivity index (χ0) is 15.6. The van der Waals surface area contributed by atoms with E-state index in [0.717, 1.165) is 18.2 Å². The van der Waals surface area contributed by atoms with Gasteiger partial charge in [-0.3, -0.25) is 10.1 Å². The Balaban J connectivity index is 2.49. The molecule has 0 radical (unpaired) electrons. The second-order valence-corrected chi connectivity index (χ2v) is 6.09. The van der Waals surface area contributed by atoms with E-state index in [9.17, 15) is 22.9 Å². The molecule has 9 heteroatoms. The maximum Gasteiger partial charge on any atom is 0.273 e. The van der Waals surface area contributed by atoms with Crippen LogP contribution < -0.4 is 5.73 Å². The molecule has 1 aromatic heterocycles. The normalized spacial score (nSPS) is 11.3. The number of nitro groups is 1. The van der Waals surface area contributed by atoms with Crippen molar-refractivity contribution in [3.8, 4) is 0 Å². The third-order valence-electron chi connectivity index (χ3n) is 2.68. The molecule has 2 N–H and O–H groups in total. The average Bonchev–Trinajstić information content (AvgIpc) is 2.38. The lowest BCUT2D eigenvalue weighted by Crippen LogP contribution is -2.11. The fourth-order valence-electron chi connectivity index (χ4n) is 1.78. The molecule has 1 aromatic carbocycles. The van der Waals surface area contributed by atoms with E-state index in [-0.39, 0.29) is 16.3 Å². The van der Waals surface area contributed by atoms with Crippen LogP contribution in [0.15, 0.2) is 41.6 Å². The molecule has 0 amide bonds. The second-order valence-electron chi connectivity index (χ2n) is 4.19. The van der Waals surface area contributed by atoms with Gasteiger partial charge >= 0.3 is 0 Å². The number of nitro benzene ring substituents is 1. The van der Waals surface area contributed by atoms with Gasteiger partial charge in [0, 0.05) is 17.8 Å². The lowest BCUT2D eigenvalue weighted by molar-refractivity contribution is -0.385. The van der Waals surface area contributed by atoms with E-state index in [1.165, 1.54) is 18.3 Å². The highest BCUT2D eigenvalue weighted by atomic mass is 32.2. The highest BCUT2D eigenvalue weighted by Crippen LogP contribution is 2.26. The first-order valence-electron chi connectivity index (χ1n) is 5.67. The van der Waals surface area contributed by atoms with Gasteiger partial charge in [-0.2, -0.15) is 0 Å². The van der Waals surface area contributed by atoms with Crippen molar-refractivity contribution in [3.05, 3.63) is 58.0 Å². The monoisotopic (exact) mass is 311 g/mol. The van der Waals surface area contributed by atoms with Crippen molar-refractivity contribution in [2.75, 3.05) is 5.73 Å². The van der Waals surface area contributed by atoms with E-state index in [4.69, 9.17) is 5.73 Å². The van der Waals surface area contributed by atoms with Crippen LogP contribution in [-0.2, 0) is 15.6 Å². The molecule has 0 spiro atoms. The van der Waals surface area contributed by atoms with Gasteiger partial charge in [0.2, 0.25) is 9.84 Å². The largest absolute Gasteiger partial charge is 0.396 e. The van der Waals surface area contributed by atoms with Gasteiger partial charge in [-0.15, -0.1) is 0 Å². The molecule has 7 nitrogen and oxygen atoms in total. The molecule has 0 unspecified atom stereocenters. The molecule has 2 aromatic rings. The summed E-state index contributed by atoms with van der Waals surface area (Å²) in [4.78, 5) is 13.8. The van der Waals surface area contributed by atoms with E-state index < -0.39 is 32.0 Å². The maximum atomic E-state index is 13.2. The molecule has 0 atom stereocenters. The number of pyridine rings is 1. The lowest BCUT2D eigenvalue weighted by atomic mass is 10.2. The van der Waals surface area contributed by atoms with Crippen molar-refractivity contribution >= 4 is 21.2 Å². The minimum atomic E-state index is -4.02. The standard InChI is InChI=1S/C12H10FN3O4S/c13-9-3-4-11(16(17)18)8(6-9)7-21(19,20)12-10(14)2-1-5-15-12/h1-6H,7,14H2. The molecule has 0 aliphatic carbocycles. The number of hydrogen-bond acceptors (Lipinski definition) is 6. The van der Waals surface area contributed by atoms with Gasteiger partial charge in [-0.1, -0.05) is 0 Å². The first kappa shape index (κ1) is 14.9. The van der Waals surface area contributed by atoms with Gasteiger partial charge in [0.1, 0.15) is 5.82 Å². The van der Waals surface area contributed by atoms with Gasteiger partial charge in [0.05, 0.1) is 16.4 Å². The molecule has 0 aliphatic heterocycles. The number of nitrogen functional groups attached to an aromatic ring is 1. The Kier molecular flexibility index (Phi) is 3.85. The molecule has 0 saturated heterocycles. The topological polar surface area (TPSA) is 116 Å². The summed E-state index contributed by atoms with van der Waals surface area (Å²) in [7, 11) is -4.02. The van der Waals surface area contributed by atoms with Crippen molar-refractivity contribution in [1.29, 1.82) is 0 Å². The Hall–Kier alpha value is -2.55. The molecule has 0 fully saturated rings. The van der Waals surface area contributed by atoms with Crippen LogP contribution in [0.1, 0.15) is 5.56 Å². The summed E-state index contributed by atoms with van der Waals surface area (Å²) >= 11 is 0. The average molecular weight is 311 g/mol. The fourth-order valence-corrected chi connectivity index (χ4v) is 3.21. The zero-order valence-electron chi connectivity index (χ0n) is 10.6. The fraction of sp³-hybridized carbons (Fsp3) is 0.0833. The van der Waals surface area contributed by atoms with E-state index in [0.29, 0.717) is 0 Å². The number of nitrogens with zero attached hydrogens (tertiary/aromatic N) is 2. The SMILES string of the molecule is Nc1cccnc1S(=O)(=O)Cc1cc(F)ccc1[N+](=O)[O-]. The number of aromatic nitrogens is 1. The van der Waals surface area contributed by atoms with Gasteiger partial charge in [-0.25, -0.2) is 17.8 Å². The molecular formula is C12H10FN3O4S. The van der Waals surface area contributed by atoms with Gasteiger partial charge in [0.25, 0.3) is 5.69 Å². The Morgan fingerprint density at radius 1 is 1.33 bits per heavy atom.